The zero-order valence-electron chi connectivity index (χ0n) is 49.7. The van der Waals surface area contributed by atoms with E-state index < -0.39 is 57.8 Å². The standard InChI is InChI=1S/C68H107O11P/c1-4-7-10-13-16-19-22-25-28-30-32-34-37-39-42-45-48-51-54-57-66(70)75-61-65(79-68(72)59-56-53-50-47-44-41-38-35-33-31-29-26-23-20-17-14-11-8-5-2)63-77-80(73,74)76-62-64(60-69)78-67(71)58-55-52-49-46-43-40-36-27-24-21-18-15-12-9-6-3/h8-9,11-12,16-21,25-29,32-36,41,43-44,46,52,55,64-65,69H,4-7,10,13-15,22-24,30-31,37-40,42,45,47-51,53-54,56-63H2,1-3H3,(H,73,74)/b11-8-,12-9-,19-16-,20-17-,21-18-,28-25-,29-26-,34-32-,35-33-,36-27-,44-41-,46-43-,55-52-. The van der Waals surface area contributed by atoms with E-state index in [0.717, 1.165) is 128 Å². The molecule has 0 fully saturated rings. The van der Waals surface area contributed by atoms with Gasteiger partial charge in [0.05, 0.1) is 26.2 Å². The molecule has 2 N–H and O–H groups in total. The lowest BCUT2D eigenvalue weighted by molar-refractivity contribution is -0.161. The third-order valence-corrected chi connectivity index (χ3v) is 12.9. The summed E-state index contributed by atoms with van der Waals surface area (Å²) in [6.45, 7) is 4.21. The number of rotatable bonds is 54. The van der Waals surface area contributed by atoms with Crippen LogP contribution in [-0.4, -0.2) is 66.5 Å². The van der Waals surface area contributed by atoms with E-state index in [9.17, 15) is 28.9 Å². The van der Waals surface area contributed by atoms with Gasteiger partial charge in [0, 0.05) is 12.8 Å². The van der Waals surface area contributed by atoms with Crippen LogP contribution in [0.25, 0.3) is 0 Å². The first-order chi connectivity index (χ1) is 39.2. The van der Waals surface area contributed by atoms with Gasteiger partial charge in [-0.15, -0.1) is 0 Å². The third kappa shape index (κ3) is 57.8. The van der Waals surface area contributed by atoms with Crippen LogP contribution < -0.4 is 0 Å². The lowest BCUT2D eigenvalue weighted by atomic mass is 10.1. The van der Waals surface area contributed by atoms with Crippen molar-refractivity contribution in [1.29, 1.82) is 0 Å². The first-order valence-electron chi connectivity index (χ1n) is 30.4. The summed E-state index contributed by atoms with van der Waals surface area (Å²) in [7, 11) is -4.80. The van der Waals surface area contributed by atoms with E-state index in [0.29, 0.717) is 19.3 Å². The van der Waals surface area contributed by atoms with Crippen LogP contribution in [0.3, 0.4) is 0 Å². The van der Waals surface area contributed by atoms with Crippen LogP contribution in [0.5, 0.6) is 0 Å². The lowest BCUT2D eigenvalue weighted by Gasteiger charge is -2.21. The maximum Gasteiger partial charge on any atom is 0.472 e. The average molecular weight is 1130 g/mol. The van der Waals surface area contributed by atoms with E-state index in [2.05, 4.69) is 154 Å². The van der Waals surface area contributed by atoms with Crippen molar-refractivity contribution in [2.75, 3.05) is 26.4 Å². The second-order valence-corrected chi connectivity index (χ2v) is 20.9. The SMILES string of the molecule is CC/C=C\C/C=C\C/C=C\C/C=C\C/C=C\CCCCCC(=O)OC(COC(=O)CCCCCCCC/C=C\C/C=C\C/C=C\CCCCC)COP(=O)(O)OCC(CO)OC(=O)C/C=C\C/C=C\C/C=C\C/C=C\C/C=C\CC. The number of phosphoric ester groups is 1. The predicted octanol–water partition coefficient (Wildman–Crippen LogP) is 18.5. The fourth-order valence-corrected chi connectivity index (χ4v) is 8.19. The highest BCUT2D eigenvalue weighted by molar-refractivity contribution is 7.47. The molecule has 0 heterocycles. The van der Waals surface area contributed by atoms with E-state index in [1.165, 1.54) is 25.7 Å². The molecule has 0 saturated heterocycles. The minimum Gasteiger partial charge on any atom is -0.462 e. The fraction of sp³-hybridized carbons (Fsp3) is 0.574. The van der Waals surface area contributed by atoms with Gasteiger partial charge in [-0.25, -0.2) is 4.57 Å². The molecule has 0 radical (unpaired) electrons. The molecule has 3 atom stereocenters. The fourth-order valence-electron chi connectivity index (χ4n) is 7.40. The molecule has 80 heavy (non-hydrogen) atoms. The first kappa shape index (κ1) is 75.1. The number of phosphoric acid groups is 1. The van der Waals surface area contributed by atoms with Crippen molar-refractivity contribution in [3.8, 4) is 0 Å². The molecule has 0 aromatic carbocycles. The Hall–Kier alpha value is -4.90. The summed E-state index contributed by atoms with van der Waals surface area (Å²) >= 11 is 0. The van der Waals surface area contributed by atoms with Crippen molar-refractivity contribution in [3.63, 3.8) is 0 Å². The van der Waals surface area contributed by atoms with Gasteiger partial charge < -0.3 is 24.2 Å². The van der Waals surface area contributed by atoms with E-state index in [4.69, 9.17) is 23.3 Å². The number of hydrogen-bond donors (Lipinski definition) is 2. The van der Waals surface area contributed by atoms with Crippen molar-refractivity contribution >= 4 is 25.7 Å². The lowest BCUT2D eigenvalue weighted by Crippen LogP contribution is -2.30. The smallest absolute Gasteiger partial charge is 0.462 e. The maximum atomic E-state index is 12.9. The summed E-state index contributed by atoms with van der Waals surface area (Å²) < 4.78 is 39.4. The topological polar surface area (TPSA) is 155 Å². The Balaban J connectivity index is 4.91. The van der Waals surface area contributed by atoms with Gasteiger partial charge in [-0.3, -0.25) is 23.4 Å². The quantitative estimate of drug-likeness (QED) is 0.0197. The van der Waals surface area contributed by atoms with E-state index in [-0.39, 0.29) is 25.9 Å². The second-order valence-electron chi connectivity index (χ2n) is 19.4. The number of allylic oxidation sites excluding steroid dienone is 25. The second kappa shape index (κ2) is 60.2. The number of unbranched alkanes of at least 4 members (excludes halogenated alkanes) is 12. The molecule has 0 amide bonds. The molecule has 0 aliphatic rings. The van der Waals surface area contributed by atoms with E-state index >= 15 is 0 Å². The zero-order valence-corrected chi connectivity index (χ0v) is 50.6. The highest BCUT2D eigenvalue weighted by atomic mass is 31.2. The molecule has 12 heteroatoms. The molecule has 0 rings (SSSR count). The monoisotopic (exact) mass is 1130 g/mol. The Morgan fingerprint density at radius 1 is 0.375 bits per heavy atom. The van der Waals surface area contributed by atoms with Crippen LogP contribution >= 0.6 is 7.82 Å². The van der Waals surface area contributed by atoms with Crippen molar-refractivity contribution in [2.45, 2.75) is 226 Å². The highest BCUT2D eigenvalue weighted by Crippen LogP contribution is 2.43. The van der Waals surface area contributed by atoms with E-state index in [1.807, 2.05) is 18.2 Å². The van der Waals surface area contributed by atoms with Crippen LogP contribution in [0, 0.1) is 0 Å². The summed E-state index contributed by atoms with van der Waals surface area (Å²) in [5.41, 5.74) is 0. The molecule has 0 aliphatic carbocycles. The molecule has 11 nitrogen and oxygen atoms in total. The van der Waals surface area contributed by atoms with Gasteiger partial charge in [-0.05, 0) is 128 Å². The van der Waals surface area contributed by atoms with Crippen molar-refractivity contribution in [1.82, 2.24) is 0 Å². The van der Waals surface area contributed by atoms with Crippen LogP contribution in [0.1, 0.15) is 213 Å². The van der Waals surface area contributed by atoms with Gasteiger partial charge in [0.1, 0.15) is 12.7 Å². The van der Waals surface area contributed by atoms with Crippen LogP contribution in [0.15, 0.2) is 158 Å². The molecular formula is C68H107O11P. The zero-order chi connectivity index (χ0) is 58.3. The molecule has 0 spiro atoms. The molecule has 0 aliphatic heterocycles. The number of carbonyl (C=O) groups is 3. The van der Waals surface area contributed by atoms with Crippen LogP contribution in [-0.2, 0) is 42.2 Å². The molecule has 0 saturated carbocycles. The van der Waals surface area contributed by atoms with Crippen LogP contribution in [0.2, 0.25) is 0 Å². The Labute approximate surface area is 485 Å². The number of carbonyl (C=O) groups excluding carboxylic acids is 3. The van der Waals surface area contributed by atoms with Gasteiger partial charge in [-0.1, -0.05) is 224 Å². The summed E-state index contributed by atoms with van der Waals surface area (Å²) in [6.07, 6.45) is 79.4. The summed E-state index contributed by atoms with van der Waals surface area (Å²) in [6, 6.07) is 0. The van der Waals surface area contributed by atoms with E-state index in [1.54, 1.807) is 6.08 Å². The Morgan fingerprint density at radius 3 is 1.11 bits per heavy atom. The Kier molecular flexibility index (Phi) is 56.5. The van der Waals surface area contributed by atoms with Crippen molar-refractivity contribution in [3.05, 3.63) is 158 Å². The van der Waals surface area contributed by atoms with Gasteiger partial charge in [-0.2, -0.15) is 0 Å². The minimum absolute atomic E-state index is 0.0673. The average Bonchev–Trinajstić information content (AvgIpc) is 3.45. The molecule has 0 bridgehead atoms. The summed E-state index contributed by atoms with van der Waals surface area (Å²) in [4.78, 5) is 48.6. The largest absolute Gasteiger partial charge is 0.472 e. The van der Waals surface area contributed by atoms with Gasteiger partial charge in [0.15, 0.2) is 6.10 Å². The highest BCUT2D eigenvalue weighted by Gasteiger charge is 2.28. The number of esters is 3. The first-order valence-corrected chi connectivity index (χ1v) is 31.9. The number of hydrogen-bond acceptors (Lipinski definition) is 10. The summed E-state index contributed by atoms with van der Waals surface area (Å²) in [5, 5.41) is 9.81. The van der Waals surface area contributed by atoms with Crippen molar-refractivity contribution < 1.29 is 52.2 Å². The number of aliphatic hydroxyl groups excluding tert-OH is 1. The van der Waals surface area contributed by atoms with Gasteiger partial charge in [0.2, 0.25) is 0 Å². The molecule has 0 aromatic heterocycles. The Bertz CT molecular complexity index is 1950. The number of ether oxygens (including phenoxy) is 3. The molecular weight excluding hydrogens is 1020 g/mol. The minimum atomic E-state index is -4.80. The van der Waals surface area contributed by atoms with Crippen LogP contribution in [0.4, 0.5) is 0 Å². The molecule has 0 aromatic rings. The van der Waals surface area contributed by atoms with Gasteiger partial charge in [0.25, 0.3) is 0 Å². The number of aliphatic hydroxyl groups is 1. The molecule has 450 valence electrons. The predicted molar refractivity (Wildman–Crippen MR) is 334 cm³/mol. The summed E-state index contributed by atoms with van der Waals surface area (Å²) in [5.74, 6) is -1.67. The maximum absolute atomic E-state index is 12.9. The molecule has 3 unspecified atom stereocenters. The normalized spacial score (nSPS) is 14.4. The van der Waals surface area contributed by atoms with Gasteiger partial charge >= 0.3 is 25.7 Å². The van der Waals surface area contributed by atoms with Crippen molar-refractivity contribution in [2.24, 2.45) is 0 Å². The Morgan fingerprint density at radius 2 is 0.700 bits per heavy atom. The third-order valence-electron chi connectivity index (χ3n) is 11.9.